The van der Waals surface area contributed by atoms with Crippen molar-refractivity contribution in [3.63, 3.8) is 0 Å². The van der Waals surface area contributed by atoms with Crippen molar-refractivity contribution < 1.29 is 24.2 Å². The van der Waals surface area contributed by atoms with Gasteiger partial charge in [0.25, 0.3) is 0 Å². The van der Waals surface area contributed by atoms with Gasteiger partial charge in [0.05, 0.1) is 13.0 Å². The number of ether oxygens (including phenoxy) is 1. The van der Waals surface area contributed by atoms with Crippen molar-refractivity contribution in [1.29, 1.82) is 0 Å². The lowest BCUT2D eigenvalue weighted by atomic mass is 10.2. The van der Waals surface area contributed by atoms with Crippen molar-refractivity contribution in [2.75, 3.05) is 19.7 Å². The molecule has 11 nitrogen and oxygen atoms in total. The zero-order valence-electron chi connectivity index (χ0n) is 14.9. The van der Waals surface area contributed by atoms with Gasteiger partial charge in [0.15, 0.2) is 11.3 Å². The second-order valence-electron chi connectivity index (χ2n) is 6.72. The number of hydrogen-bond acceptors (Lipinski definition) is 9. The Hall–Kier alpha value is -2.43. The second kappa shape index (κ2) is 8.30. The van der Waals surface area contributed by atoms with E-state index in [1.165, 1.54) is 0 Å². The molecule has 2 aliphatic heterocycles. The smallest absolute Gasteiger partial charge is 0.329 e. The molecule has 0 aliphatic carbocycles. The molecular weight excluding hydrogens is 344 g/mol. The van der Waals surface area contributed by atoms with Crippen LogP contribution in [0.15, 0.2) is 20.5 Å². The largest absolute Gasteiger partial charge is 0.481 e. The standard InChI is InChI=1S/C15H24N6O5/c1-14(18-19-14)4-7-16-6-3-11(22)17-10(9-12(23)24)13(25)26-8-5-15(2)20-21-15/h10,16H,3-9H2,1-2H3,(H,17,22)(H,23,24)/t10-/m0/s1. The van der Waals surface area contributed by atoms with Crippen LogP contribution in [-0.4, -0.2) is 60.0 Å². The van der Waals surface area contributed by atoms with Gasteiger partial charge in [-0.05, 0) is 20.4 Å². The molecule has 2 rings (SSSR count). The number of hydrogen-bond donors (Lipinski definition) is 3. The molecule has 0 saturated carbocycles. The Bertz CT molecular complexity index is 608. The summed E-state index contributed by atoms with van der Waals surface area (Å²) in [7, 11) is 0. The van der Waals surface area contributed by atoms with Crippen LogP contribution in [0.4, 0.5) is 0 Å². The van der Waals surface area contributed by atoms with Gasteiger partial charge in [-0.25, -0.2) is 4.79 Å². The molecule has 3 N–H and O–H groups in total. The number of carboxylic acids is 1. The molecule has 0 bridgehead atoms. The lowest BCUT2D eigenvalue weighted by Gasteiger charge is -2.16. The van der Waals surface area contributed by atoms with Gasteiger partial charge in [-0.3, -0.25) is 9.59 Å². The number of nitrogens with zero attached hydrogens (tertiary/aromatic N) is 4. The van der Waals surface area contributed by atoms with Crippen molar-refractivity contribution in [2.45, 2.75) is 56.9 Å². The highest BCUT2D eigenvalue weighted by Crippen LogP contribution is 2.30. The Labute approximate surface area is 150 Å². The molecule has 0 spiro atoms. The quantitative estimate of drug-likeness (QED) is 0.320. The van der Waals surface area contributed by atoms with Crippen LogP contribution in [0, 0.1) is 0 Å². The number of carbonyl (C=O) groups is 3. The maximum Gasteiger partial charge on any atom is 0.329 e. The summed E-state index contributed by atoms with van der Waals surface area (Å²) in [5.41, 5.74) is -0.792. The Morgan fingerprint density at radius 2 is 1.65 bits per heavy atom. The van der Waals surface area contributed by atoms with Crippen molar-refractivity contribution in [2.24, 2.45) is 20.5 Å². The molecular formula is C15H24N6O5. The Morgan fingerprint density at radius 3 is 2.23 bits per heavy atom. The van der Waals surface area contributed by atoms with Crippen molar-refractivity contribution in [1.82, 2.24) is 10.6 Å². The molecule has 1 amide bonds. The third-order valence-corrected chi connectivity index (χ3v) is 4.01. The van der Waals surface area contributed by atoms with Gasteiger partial charge >= 0.3 is 11.9 Å². The van der Waals surface area contributed by atoms with Crippen LogP contribution in [0.5, 0.6) is 0 Å². The molecule has 0 aromatic rings. The third kappa shape index (κ3) is 7.21. The van der Waals surface area contributed by atoms with Crippen molar-refractivity contribution in [3.8, 4) is 0 Å². The van der Waals surface area contributed by atoms with Gasteiger partial charge in [-0.15, -0.1) is 0 Å². The predicted octanol–water partition coefficient (Wildman–Crippen LogP) is 0.613. The van der Waals surface area contributed by atoms with Crippen LogP contribution in [0.2, 0.25) is 0 Å². The Kier molecular flexibility index (Phi) is 6.35. The molecule has 144 valence electrons. The first-order valence-corrected chi connectivity index (χ1v) is 8.48. The summed E-state index contributed by atoms with van der Waals surface area (Å²) < 4.78 is 5.04. The summed E-state index contributed by atoms with van der Waals surface area (Å²) in [6, 6.07) is -1.22. The molecule has 0 aromatic carbocycles. The van der Waals surface area contributed by atoms with E-state index in [0.29, 0.717) is 19.5 Å². The maximum atomic E-state index is 12.0. The van der Waals surface area contributed by atoms with E-state index < -0.39 is 36.0 Å². The summed E-state index contributed by atoms with van der Waals surface area (Å²) in [4.78, 5) is 34.9. The Balaban J connectivity index is 1.64. The van der Waals surface area contributed by atoms with Crippen LogP contribution in [0.25, 0.3) is 0 Å². The SMILES string of the molecule is CC1(CCNCCC(=O)N[C@@H](CC(=O)O)C(=O)OCCC2(C)N=N2)N=N1. The monoisotopic (exact) mass is 368 g/mol. The minimum atomic E-state index is -1.22. The van der Waals surface area contributed by atoms with Gasteiger partial charge in [0, 0.05) is 25.8 Å². The topological polar surface area (TPSA) is 154 Å². The van der Waals surface area contributed by atoms with E-state index in [1.807, 2.05) is 6.92 Å². The maximum absolute atomic E-state index is 12.0. The summed E-state index contributed by atoms with van der Waals surface area (Å²) in [6.45, 7) is 4.82. The highest BCUT2D eigenvalue weighted by atomic mass is 16.5. The van der Waals surface area contributed by atoms with Crippen LogP contribution in [0.1, 0.15) is 39.5 Å². The normalized spacial score (nSPS) is 18.8. The molecule has 0 aromatic heterocycles. The van der Waals surface area contributed by atoms with E-state index in [9.17, 15) is 14.4 Å². The average Bonchev–Trinajstić information content (AvgIpc) is 3.46. The Morgan fingerprint density at radius 1 is 1.04 bits per heavy atom. The van der Waals surface area contributed by atoms with E-state index >= 15 is 0 Å². The summed E-state index contributed by atoms with van der Waals surface area (Å²) in [5, 5.41) is 29.8. The summed E-state index contributed by atoms with van der Waals surface area (Å²) in [5.74, 6) is -2.40. The first-order chi connectivity index (χ1) is 12.2. The fraction of sp³-hybridized carbons (Fsp3) is 0.800. The van der Waals surface area contributed by atoms with Crippen molar-refractivity contribution >= 4 is 17.8 Å². The van der Waals surface area contributed by atoms with Crippen LogP contribution in [0.3, 0.4) is 0 Å². The molecule has 1 atom stereocenters. The van der Waals surface area contributed by atoms with Crippen LogP contribution in [-0.2, 0) is 19.1 Å². The highest BCUT2D eigenvalue weighted by Gasteiger charge is 2.34. The van der Waals surface area contributed by atoms with Crippen LogP contribution < -0.4 is 10.6 Å². The van der Waals surface area contributed by atoms with Gasteiger partial charge in [-0.1, -0.05) is 0 Å². The summed E-state index contributed by atoms with van der Waals surface area (Å²) in [6.07, 6.45) is 0.754. The molecule has 0 saturated heterocycles. The zero-order valence-corrected chi connectivity index (χ0v) is 14.9. The number of amides is 1. The van der Waals surface area contributed by atoms with Gasteiger partial charge < -0.3 is 20.5 Å². The van der Waals surface area contributed by atoms with E-state index in [0.717, 1.165) is 6.42 Å². The summed E-state index contributed by atoms with van der Waals surface area (Å²) >= 11 is 0. The van der Waals surface area contributed by atoms with Gasteiger partial charge in [-0.2, -0.15) is 20.5 Å². The number of rotatable bonds is 13. The highest BCUT2D eigenvalue weighted by molar-refractivity contribution is 5.87. The van der Waals surface area contributed by atoms with E-state index in [2.05, 4.69) is 31.1 Å². The first kappa shape index (κ1) is 19.9. The molecule has 2 heterocycles. The number of aliphatic carboxylic acids is 1. The first-order valence-electron chi connectivity index (χ1n) is 8.48. The molecule has 2 aliphatic rings. The number of carbonyl (C=O) groups excluding carboxylic acids is 2. The molecule has 26 heavy (non-hydrogen) atoms. The minimum Gasteiger partial charge on any atom is -0.481 e. The molecule has 0 fully saturated rings. The fourth-order valence-corrected chi connectivity index (χ4v) is 2.10. The lowest BCUT2D eigenvalue weighted by molar-refractivity contribution is -0.152. The fourth-order valence-electron chi connectivity index (χ4n) is 2.10. The third-order valence-electron chi connectivity index (χ3n) is 4.01. The second-order valence-corrected chi connectivity index (χ2v) is 6.72. The van der Waals surface area contributed by atoms with E-state index in [1.54, 1.807) is 6.92 Å². The lowest BCUT2D eigenvalue weighted by Crippen LogP contribution is -2.44. The predicted molar refractivity (Wildman–Crippen MR) is 88.4 cm³/mol. The van der Waals surface area contributed by atoms with Gasteiger partial charge in [0.1, 0.15) is 6.04 Å². The minimum absolute atomic E-state index is 0.0603. The zero-order chi connectivity index (χ0) is 19.2. The average molecular weight is 368 g/mol. The molecule has 0 unspecified atom stereocenters. The molecule has 0 radical (unpaired) electrons. The molecule has 11 heteroatoms. The van der Waals surface area contributed by atoms with E-state index in [-0.39, 0.29) is 18.7 Å². The number of carboxylic acid groups (broad SMARTS) is 1. The van der Waals surface area contributed by atoms with Crippen LogP contribution >= 0.6 is 0 Å². The van der Waals surface area contributed by atoms with Gasteiger partial charge in [0.2, 0.25) is 5.91 Å². The number of esters is 1. The van der Waals surface area contributed by atoms with E-state index in [4.69, 9.17) is 9.84 Å². The number of nitrogens with one attached hydrogen (secondary N) is 2. The van der Waals surface area contributed by atoms with Crippen molar-refractivity contribution in [3.05, 3.63) is 0 Å².